The molecule has 2 rings (SSSR count). The minimum absolute atomic E-state index is 0.496. The molecule has 0 bridgehead atoms. The van der Waals surface area contributed by atoms with Crippen molar-refractivity contribution in [3.63, 3.8) is 0 Å². The van der Waals surface area contributed by atoms with E-state index in [1.54, 1.807) is 18.8 Å². The number of hydrogen-bond acceptors (Lipinski definition) is 5. The molecular formula is C17H23N5OS. The Kier molecular flexibility index (Phi) is 6.97. The van der Waals surface area contributed by atoms with Crippen molar-refractivity contribution < 1.29 is 4.42 Å². The van der Waals surface area contributed by atoms with Crippen molar-refractivity contribution in [2.24, 2.45) is 4.99 Å². The van der Waals surface area contributed by atoms with Gasteiger partial charge in [-0.2, -0.15) is 17.0 Å². The van der Waals surface area contributed by atoms with E-state index < -0.39 is 0 Å². The summed E-state index contributed by atoms with van der Waals surface area (Å²) in [5.74, 6) is 3.20. The SMILES string of the molecule is C/N=C(\NC#N)NCCSCc1cc2c(CN(C)C)cccc2o1. The highest BCUT2D eigenvalue weighted by molar-refractivity contribution is 7.98. The Morgan fingerprint density at radius 3 is 2.96 bits per heavy atom. The summed E-state index contributed by atoms with van der Waals surface area (Å²) < 4.78 is 5.94. The van der Waals surface area contributed by atoms with Crippen molar-refractivity contribution in [3.05, 3.63) is 35.6 Å². The molecule has 0 aliphatic heterocycles. The minimum atomic E-state index is 0.496. The first-order valence-corrected chi connectivity index (χ1v) is 8.88. The first kappa shape index (κ1) is 18.2. The number of nitrogens with zero attached hydrogens (tertiary/aromatic N) is 3. The van der Waals surface area contributed by atoms with Crippen LogP contribution in [-0.2, 0) is 12.3 Å². The molecule has 0 amide bonds. The Morgan fingerprint density at radius 1 is 1.42 bits per heavy atom. The first-order valence-electron chi connectivity index (χ1n) is 7.72. The molecule has 2 aromatic rings. The van der Waals surface area contributed by atoms with Crippen molar-refractivity contribution in [2.75, 3.05) is 33.4 Å². The number of nitrogens with one attached hydrogen (secondary N) is 2. The van der Waals surface area contributed by atoms with E-state index in [1.807, 2.05) is 18.3 Å². The van der Waals surface area contributed by atoms with Crippen LogP contribution in [0.15, 0.2) is 33.7 Å². The number of rotatable bonds is 7. The fourth-order valence-electron chi connectivity index (χ4n) is 2.37. The summed E-state index contributed by atoms with van der Waals surface area (Å²) in [6, 6.07) is 8.35. The summed E-state index contributed by atoms with van der Waals surface area (Å²) in [6.45, 7) is 1.64. The number of nitriles is 1. The van der Waals surface area contributed by atoms with Gasteiger partial charge in [-0.1, -0.05) is 12.1 Å². The van der Waals surface area contributed by atoms with E-state index >= 15 is 0 Å². The molecule has 0 saturated heterocycles. The number of hydrogen-bond donors (Lipinski definition) is 2. The first-order chi connectivity index (χ1) is 11.6. The molecule has 24 heavy (non-hydrogen) atoms. The maximum absolute atomic E-state index is 8.56. The van der Waals surface area contributed by atoms with E-state index in [4.69, 9.17) is 9.68 Å². The summed E-state index contributed by atoms with van der Waals surface area (Å²) >= 11 is 1.78. The third-order valence-corrected chi connectivity index (χ3v) is 4.35. The molecule has 0 atom stereocenters. The largest absolute Gasteiger partial charge is 0.460 e. The average Bonchev–Trinajstić information content (AvgIpc) is 2.97. The molecule has 0 radical (unpaired) electrons. The molecule has 0 aliphatic carbocycles. The summed E-state index contributed by atoms with van der Waals surface area (Å²) in [5.41, 5.74) is 2.23. The van der Waals surface area contributed by atoms with Crippen LogP contribution in [-0.4, -0.2) is 44.3 Å². The standard InChI is InChI=1S/C17H23N5OS/c1-19-17(21-12-18)20-7-8-24-11-14-9-15-13(10-22(2)3)5-4-6-16(15)23-14/h4-6,9H,7-8,10-11H2,1-3H3,(H2,19,20,21). The lowest BCUT2D eigenvalue weighted by Gasteiger charge is -2.09. The lowest BCUT2D eigenvalue weighted by molar-refractivity contribution is 0.404. The number of benzene rings is 1. The van der Waals surface area contributed by atoms with Gasteiger partial charge in [0, 0.05) is 31.3 Å². The lowest BCUT2D eigenvalue weighted by atomic mass is 10.1. The topological polar surface area (TPSA) is 76.6 Å². The van der Waals surface area contributed by atoms with Gasteiger partial charge in [0.1, 0.15) is 11.3 Å². The fourth-order valence-corrected chi connectivity index (χ4v) is 3.10. The second kappa shape index (κ2) is 9.21. The maximum Gasteiger partial charge on any atom is 0.204 e. The van der Waals surface area contributed by atoms with Gasteiger partial charge >= 0.3 is 0 Å². The van der Waals surface area contributed by atoms with Crippen LogP contribution in [0.1, 0.15) is 11.3 Å². The predicted octanol–water partition coefficient (Wildman–Crippen LogP) is 2.37. The van der Waals surface area contributed by atoms with Crippen molar-refractivity contribution >= 4 is 28.7 Å². The molecule has 7 heteroatoms. The maximum atomic E-state index is 8.56. The van der Waals surface area contributed by atoms with Crippen LogP contribution < -0.4 is 10.6 Å². The van der Waals surface area contributed by atoms with Crippen molar-refractivity contribution in [3.8, 4) is 6.19 Å². The quantitative estimate of drug-likeness (QED) is 0.264. The Bertz CT molecular complexity index is 732. The summed E-state index contributed by atoms with van der Waals surface area (Å²) in [7, 11) is 5.77. The molecule has 6 nitrogen and oxygen atoms in total. The lowest BCUT2D eigenvalue weighted by Crippen LogP contribution is -2.35. The summed E-state index contributed by atoms with van der Waals surface area (Å²) in [4.78, 5) is 6.09. The molecule has 0 spiro atoms. The number of aliphatic imine (C=N–C) groups is 1. The molecule has 1 heterocycles. The van der Waals surface area contributed by atoms with Gasteiger partial charge in [0.05, 0.1) is 5.75 Å². The van der Waals surface area contributed by atoms with E-state index in [0.717, 1.165) is 35.9 Å². The molecule has 1 aromatic heterocycles. The molecule has 0 unspecified atom stereocenters. The molecule has 0 fully saturated rings. The zero-order valence-electron chi connectivity index (χ0n) is 14.3. The second-order valence-electron chi connectivity index (χ2n) is 5.57. The van der Waals surface area contributed by atoms with Gasteiger partial charge in [-0.15, -0.1) is 0 Å². The number of furan rings is 1. The van der Waals surface area contributed by atoms with E-state index in [9.17, 15) is 0 Å². The van der Waals surface area contributed by atoms with Gasteiger partial charge in [0.15, 0.2) is 6.19 Å². The van der Waals surface area contributed by atoms with E-state index in [-0.39, 0.29) is 0 Å². The number of fused-ring (bicyclic) bond motifs is 1. The minimum Gasteiger partial charge on any atom is -0.460 e. The number of thioether (sulfide) groups is 1. The van der Waals surface area contributed by atoms with Crippen LogP contribution in [0.5, 0.6) is 0 Å². The van der Waals surface area contributed by atoms with Crippen LogP contribution in [0.2, 0.25) is 0 Å². The smallest absolute Gasteiger partial charge is 0.204 e. The summed E-state index contributed by atoms with van der Waals surface area (Å²) in [5, 5.41) is 15.3. The van der Waals surface area contributed by atoms with E-state index in [1.165, 1.54) is 10.9 Å². The van der Waals surface area contributed by atoms with Gasteiger partial charge in [0.2, 0.25) is 5.96 Å². The normalized spacial score (nSPS) is 11.7. The summed E-state index contributed by atoms with van der Waals surface area (Å²) in [6.07, 6.45) is 1.85. The highest BCUT2D eigenvalue weighted by Gasteiger charge is 2.08. The van der Waals surface area contributed by atoms with Gasteiger partial charge in [-0.3, -0.25) is 10.3 Å². The third kappa shape index (κ3) is 5.18. The van der Waals surface area contributed by atoms with Crippen LogP contribution in [0.25, 0.3) is 11.0 Å². The Labute approximate surface area is 146 Å². The monoisotopic (exact) mass is 345 g/mol. The van der Waals surface area contributed by atoms with Gasteiger partial charge < -0.3 is 14.6 Å². The predicted molar refractivity (Wildman–Crippen MR) is 99.9 cm³/mol. The van der Waals surface area contributed by atoms with Crippen molar-refractivity contribution in [1.29, 1.82) is 5.26 Å². The van der Waals surface area contributed by atoms with Crippen LogP contribution >= 0.6 is 11.8 Å². The van der Waals surface area contributed by atoms with Gasteiger partial charge in [-0.05, 0) is 31.8 Å². The molecule has 2 N–H and O–H groups in total. The Hall–Kier alpha value is -2.17. The van der Waals surface area contributed by atoms with Crippen LogP contribution in [0.4, 0.5) is 0 Å². The Balaban J connectivity index is 1.86. The molecule has 0 saturated carbocycles. The van der Waals surface area contributed by atoms with Crippen molar-refractivity contribution in [1.82, 2.24) is 15.5 Å². The average molecular weight is 345 g/mol. The van der Waals surface area contributed by atoms with Crippen LogP contribution in [0, 0.1) is 11.5 Å². The zero-order valence-corrected chi connectivity index (χ0v) is 15.1. The van der Waals surface area contributed by atoms with E-state index in [2.05, 4.69) is 46.8 Å². The molecule has 1 aromatic carbocycles. The van der Waals surface area contributed by atoms with Gasteiger partial charge in [-0.25, -0.2) is 0 Å². The zero-order chi connectivity index (χ0) is 17.4. The van der Waals surface area contributed by atoms with Gasteiger partial charge in [0.25, 0.3) is 0 Å². The molecule has 128 valence electrons. The fraction of sp³-hybridized carbons (Fsp3) is 0.412. The number of guanidine groups is 1. The van der Waals surface area contributed by atoms with E-state index in [0.29, 0.717) is 5.96 Å². The Morgan fingerprint density at radius 2 is 2.25 bits per heavy atom. The van der Waals surface area contributed by atoms with Crippen LogP contribution in [0.3, 0.4) is 0 Å². The molecule has 0 aliphatic rings. The highest BCUT2D eigenvalue weighted by atomic mass is 32.2. The van der Waals surface area contributed by atoms with Crippen molar-refractivity contribution in [2.45, 2.75) is 12.3 Å². The highest BCUT2D eigenvalue weighted by Crippen LogP contribution is 2.26. The molecular weight excluding hydrogens is 322 g/mol. The second-order valence-corrected chi connectivity index (χ2v) is 6.67. The third-order valence-electron chi connectivity index (χ3n) is 3.37.